The van der Waals surface area contributed by atoms with Gasteiger partial charge in [0.05, 0.1) is 6.61 Å². The fourth-order valence-electron chi connectivity index (χ4n) is 2.88. The van der Waals surface area contributed by atoms with E-state index in [0.29, 0.717) is 5.92 Å². The lowest BCUT2D eigenvalue weighted by molar-refractivity contribution is 0.337. The summed E-state index contributed by atoms with van der Waals surface area (Å²) in [6.45, 7) is 9.64. The van der Waals surface area contributed by atoms with Crippen LogP contribution in [0.15, 0.2) is 18.2 Å². The monoisotopic (exact) mass is 247 g/mol. The molecule has 2 rings (SSSR count). The zero-order valence-electron chi connectivity index (χ0n) is 12.0. The van der Waals surface area contributed by atoms with E-state index in [9.17, 15) is 0 Å². The molecular weight excluding hydrogens is 222 g/mol. The molecule has 1 aromatic carbocycles. The third-order valence-electron chi connectivity index (χ3n) is 4.18. The Balaban J connectivity index is 2.35. The number of ether oxygens (including phenoxy) is 1. The maximum absolute atomic E-state index is 5.62. The fraction of sp³-hybridized carbons (Fsp3) is 0.625. The normalized spacial score (nSPS) is 26.3. The molecule has 18 heavy (non-hydrogen) atoms. The average Bonchev–Trinajstić information content (AvgIpc) is 2.38. The molecule has 0 amide bonds. The van der Waals surface area contributed by atoms with Gasteiger partial charge in [0.15, 0.2) is 0 Å². The molecule has 0 saturated heterocycles. The van der Waals surface area contributed by atoms with E-state index in [1.807, 2.05) is 6.92 Å². The summed E-state index contributed by atoms with van der Waals surface area (Å²) in [6.07, 6.45) is 3.57. The van der Waals surface area contributed by atoms with Crippen molar-refractivity contribution in [3.63, 3.8) is 0 Å². The molecule has 100 valence electrons. The first-order chi connectivity index (χ1) is 8.61. The third kappa shape index (κ3) is 2.47. The lowest BCUT2D eigenvalue weighted by Gasteiger charge is -2.40. The van der Waals surface area contributed by atoms with Crippen LogP contribution in [0.3, 0.4) is 0 Å². The molecule has 0 spiro atoms. The molecule has 1 aromatic rings. The van der Waals surface area contributed by atoms with E-state index in [2.05, 4.69) is 44.3 Å². The largest absolute Gasteiger partial charge is 0.494 e. The van der Waals surface area contributed by atoms with Crippen molar-refractivity contribution < 1.29 is 4.74 Å². The molecule has 0 saturated carbocycles. The molecule has 1 N–H and O–H groups in total. The van der Waals surface area contributed by atoms with Gasteiger partial charge in [-0.05, 0) is 62.8 Å². The highest BCUT2D eigenvalue weighted by Crippen LogP contribution is 2.43. The Morgan fingerprint density at radius 3 is 2.72 bits per heavy atom. The second-order valence-electron chi connectivity index (χ2n) is 5.53. The highest BCUT2D eigenvalue weighted by Gasteiger charge is 2.33. The number of anilines is 1. The van der Waals surface area contributed by atoms with Crippen LogP contribution in [0.2, 0.25) is 0 Å². The Morgan fingerprint density at radius 1 is 1.33 bits per heavy atom. The lowest BCUT2D eigenvalue weighted by Crippen LogP contribution is -2.39. The minimum absolute atomic E-state index is 0.237. The molecule has 2 nitrogen and oxygen atoms in total. The van der Waals surface area contributed by atoms with Crippen molar-refractivity contribution >= 4 is 5.69 Å². The molecule has 0 radical (unpaired) electrons. The number of nitrogens with one attached hydrogen (secondary N) is 1. The maximum atomic E-state index is 5.62. The van der Waals surface area contributed by atoms with Gasteiger partial charge < -0.3 is 10.1 Å². The quantitative estimate of drug-likeness (QED) is 0.842. The molecule has 1 aliphatic heterocycles. The van der Waals surface area contributed by atoms with E-state index in [1.165, 1.54) is 24.1 Å². The molecule has 2 atom stereocenters. The maximum Gasteiger partial charge on any atom is 0.119 e. The van der Waals surface area contributed by atoms with Gasteiger partial charge in [-0.15, -0.1) is 0 Å². The van der Waals surface area contributed by atoms with Crippen LogP contribution in [-0.2, 0) is 0 Å². The Morgan fingerprint density at radius 2 is 2.11 bits per heavy atom. The standard InChI is InChI=1S/C16H25NO/c1-5-12-11-16(4,6-2)17-15-9-8-13(18-7-3)10-14(12)15/h8-10,12,17H,5-7,11H2,1-4H3. The molecule has 2 heteroatoms. The van der Waals surface area contributed by atoms with Crippen molar-refractivity contribution in [2.24, 2.45) is 0 Å². The molecule has 0 bridgehead atoms. The summed E-state index contributed by atoms with van der Waals surface area (Å²) < 4.78 is 5.62. The van der Waals surface area contributed by atoms with Crippen LogP contribution in [0.1, 0.15) is 58.4 Å². The molecule has 0 fully saturated rings. The van der Waals surface area contributed by atoms with E-state index in [1.54, 1.807) is 0 Å². The summed E-state index contributed by atoms with van der Waals surface area (Å²) in [4.78, 5) is 0. The molecule has 1 aliphatic rings. The van der Waals surface area contributed by atoms with Gasteiger partial charge in [-0.2, -0.15) is 0 Å². The Hall–Kier alpha value is -1.18. The minimum atomic E-state index is 0.237. The third-order valence-corrected chi connectivity index (χ3v) is 4.18. The van der Waals surface area contributed by atoms with Gasteiger partial charge in [0.1, 0.15) is 5.75 Å². The second kappa shape index (κ2) is 5.21. The van der Waals surface area contributed by atoms with Crippen LogP contribution < -0.4 is 10.1 Å². The molecule has 0 aliphatic carbocycles. The predicted octanol–water partition coefficient (Wildman–Crippen LogP) is 4.56. The van der Waals surface area contributed by atoms with E-state index < -0.39 is 0 Å². The molecule has 0 aromatic heterocycles. The fourth-order valence-corrected chi connectivity index (χ4v) is 2.88. The van der Waals surface area contributed by atoms with Crippen molar-refractivity contribution in [2.75, 3.05) is 11.9 Å². The Bertz CT molecular complexity index is 416. The van der Waals surface area contributed by atoms with Gasteiger partial charge in [0.2, 0.25) is 0 Å². The van der Waals surface area contributed by atoms with Gasteiger partial charge >= 0.3 is 0 Å². The SMILES string of the molecule is CCOc1ccc2c(c1)C(CC)CC(C)(CC)N2. The van der Waals surface area contributed by atoms with Crippen molar-refractivity contribution in [3.8, 4) is 5.75 Å². The summed E-state index contributed by atoms with van der Waals surface area (Å²) in [5.74, 6) is 1.64. The summed E-state index contributed by atoms with van der Waals surface area (Å²) in [6, 6.07) is 6.47. The van der Waals surface area contributed by atoms with E-state index in [4.69, 9.17) is 4.74 Å². The number of rotatable bonds is 4. The number of fused-ring (bicyclic) bond motifs is 1. The molecular formula is C16H25NO. The van der Waals surface area contributed by atoms with Gasteiger partial charge in [0.25, 0.3) is 0 Å². The lowest BCUT2D eigenvalue weighted by atomic mass is 9.77. The number of benzene rings is 1. The van der Waals surface area contributed by atoms with Gasteiger partial charge in [0, 0.05) is 11.2 Å². The van der Waals surface area contributed by atoms with Crippen LogP contribution in [-0.4, -0.2) is 12.1 Å². The van der Waals surface area contributed by atoms with E-state index in [-0.39, 0.29) is 5.54 Å². The van der Waals surface area contributed by atoms with Crippen LogP contribution in [0.25, 0.3) is 0 Å². The number of hydrogen-bond acceptors (Lipinski definition) is 2. The van der Waals surface area contributed by atoms with E-state index >= 15 is 0 Å². The van der Waals surface area contributed by atoms with Gasteiger partial charge in [-0.25, -0.2) is 0 Å². The van der Waals surface area contributed by atoms with Crippen molar-refractivity contribution in [1.82, 2.24) is 0 Å². The van der Waals surface area contributed by atoms with E-state index in [0.717, 1.165) is 18.8 Å². The van der Waals surface area contributed by atoms with Gasteiger partial charge in [-0.1, -0.05) is 13.8 Å². The van der Waals surface area contributed by atoms with Crippen LogP contribution in [0.5, 0.6) is 5.75 Å². The van der Waals surface area contributed by atoms with Crippen LogP contribution >= 0.6 is 0 Å². The Labute approximate surface area is 111 Å². The smallest absolute Gasteiger partial charge is 0.119 e. The van der Waals surface area contributed by atoms with Crippen molar-refractivity contribution in [3.05, 3.63) is 23.8 Å². The highest BCUT2D eigenvalue weighted by atomic mass is 16.5. The van der Waals surface area contributed by atoms with Gasteiger partial charge in [-0.3, -0.25) is 0 Å². The van der Waals surface area contributed by atoms with Crippen LogP contribution in [0, 0.1) is 0 Å². The first kappa shape index (κ1) is 13.3. The summed E-state index contributed by atoms with van der Waals surface area (Å²) in [5.41, 5.74) is 2.95. The van der Waals surface area contributed by atoms with Crippen molar-refractivity contribution in [1.29, 1.82) is 0 Å². The van der Waals surface area contributed by atoms with Crippen LogP contribution in [0.4, 0.5) is 5.69 Å². The molecule has 1 heterocycles. The average molecular weight is 247 g/mol. The van der Waals surface area contributed by atoms with Crippen molar-refractivity contribution in [2.45, 2.75) is 58.4 Å². The Kier molecular flexibility index (Phi) is 3.84. The predicted molar refractivity (Wildman–Crippen MR) is 77.6 cm³/mol. The summed E-state index contributed by atoms with van der Waals surface area (Å²) >= 11 is 0. The number of hydrogen-bond donors (Lipinski definition) is 1. The summed E-state index contributed by atoms with van der Waals surface area (Å²) in [5, 5.41) is 3.70. The first-order valence-corrected chi connectivity index (χ1v) is 7.16. The highest BCUT2D eigenvalue weighted by molar-refractivity contribution is 5.59. The topological polar surface area (TPSA) is 21.3 Å². The zero-order chi connectivity index (χ0) is 13.2. The zero-order valence-corrected chi connectivity index (χ0v) is 12.0. The molecule has 2 unspecified atom stereocenters. The summed E-state index contributed by atoms with van der Waals surface area (Å²) in [7, 11) is 0. The minimum Gasteiger partial charge on any atom is -0.494 e. The second-order valence-corrected chi connectivity index (χ2v) is 5.53. The first-order valence-electron chi connectivity index (χ1n) is 7.16.